The van der Waals surface area contributed by atoms with Crippen LogP contribution < -0.4 is 5.32 Å². The Labute approximate surface area is 146 Å². The van der Waals surface area contributed by atoms with Crippen molar-refractivity contribution in [3.8, 4) is 0 Å². The molecule has 2 aliphatic heterocycles. The SMILES string of the molecule is c1ccc([C@H]2OCC[C@@H]2CNC2CCN(C3CCCC3)CC2)cc1. The van der Waals surface area contributed by atoms with Gasteiger partial charge in [0.1, 0.15) is 0 Å². The number of nitrogens with one attached hydrogen (secondary N) is 1. The minimum absolute atomic E-state index is 0.289. The summed E-state index contributed by atoms with van der Waals surface area (Å²) in [6.07, 6.45) is 9.90. The van der Waals surface area contributed by atoms with E-state index in [4.69, 9.17) is 4.74 Å². The van der Waals surface area contributed by atoms with Gasteiger partial charge < -0.3 is 15.0 Å². The van der Waals surface area contributed by atoms with Gasteiger partial charge in [-0.05, 0) is 50.8 Å². The molecular weight excluding hydrogens is 296 g/mol. The lowest BCUT2D eigenvalue weighted by molar-refractivity contribution is 0.0876. The largest absolute Gasteiger partial charge is 0.373 e. The average molecular weight is 329 g/mol. The van der Waals surface area contributed by atoms with Crippen LogP contribution in [0.4, 0.5) is 0 Å². The van der Waals surface area contributed by atoms with E-state index in [0.717, 1.165) is 19.2 Å². The molecule has 1 saturated carbocycles. The van der Waals surface area contributed by atoms with E-state index in [1.807, 2.05) is 0 Å². The molecule has 2 saturated heterocycles. The zero-order valence-corrected chi connectivity index (χ0v) is 14.8. The maximum absolute atomic E-state index is 6.03. The van der Waals surface area contributed by atoms with Gasteiger partial charge >= 0.3 is 0 Å². The molecule has 2 heterocycles. The minimum atomic E-state index is 0.289. The van der Waals surface area contributed by atoms with Gasteiger partial charge in [-0.1, -0.05) is 43.2 Å². The van der Waals surface area contributed by atoms with E-state index in [1.54, 1.807) is 0 Å². The van der Waals surface area contributed by atoms with Crippen LogP contribution in [-0.2, 0) is 4.74 Å². The van der Waals surface area contributed by atoms with Crippen molar-refractivity contribution in [2.45, 2.75) is 63.1 Å². The highest BCUT2D eigenvalue weighted by Gasteiger charge is 2.31. The molecular formula is C21H32N2O. The summed E-state index contributed by atoms with van der Waals surface area (Å²) in [5.74, 6) is 0.625. The summed E-state index contributed by atoms with van der Waals surface area (Å²) >= 11 is 0. The molecule has 3 aliphatic rings. The van der Waals surface area contributed by atoms with Crippen molar-refractivity contribution in [1.29, 1.82) is 0 Å². The monoisotopic (exact) mass is 328 g/mol. The molecule has 0 aromatic heterocycles. The van der Waals surface area contributed by atoms with Crippen molar-refractivity contribution in [1.82, 2.24) is 10.2 Å². The Balaban J connectivity index is 1.24. The fraction of sp³-hybridized carbons (Fsp3) is 0.714. The van der Waals surface area contributed by atoms with Gasteiger partial charge in [-0.3, -0.25) is 0 Å². The third kappa shape index (κ3) is 3.84. The van der Waals surface area contributed by atoms with Gasteiger partial charge in [0, 0.05) is 31.2 Å². The highest BCUT2D eigenvalue weighted by molar-refractivity contribution is 5.19. The van der Waals surface area contributed by atoms with Gasteiger partial charge in [0.2, 0.25) is 0 Å². The number of likely N-dealkylation sites (tertiary alicyclic amines) is 1. The molecule has 4 rings (SSSR count). The van der Waals surface area contributed by atoms with Crippen LogP contribution in [0.25, 0.3) is 0 Å². The quantitative estimate of drug-likeness (QED) is 0.891. The maximum Gasteiger partial charge on any atom is 0.0866 e. The number of hydrogen-bond donors (Lipinski definition) is 1. The first-order valence-electron chi connectivity index (χ1n) is 10.0. The smallest absolute Gasteiger partial charge is 0.0866 e. The fourth-order valence-electron chi connectivity index (χ4n) is 4.91. The van der Waals surface area contributed by atoms with Crippen LogP contribution in [0.15, 0.2) is 30.3 Å². The van der Waals surface area contributed by atoms with E-state index in [0.29, 0.717) is 12.0 Å². The fourth-order valence-corrected chi connectivity index (χ4v) is 4.91. The second-order valence-corrected chi connectivity index (χ2v) is 7.91. The number of hydrogen-bond acceptors (Lipinski definition) is 3. The van der Waals surface area contributed by atoms with Crippen molar-refractivity contribution in [2.75, 3.05) is 26.2 Å². The Kier molecular flexibility index (Phi) is 5.51. The Hall–Kier alpha value is -0.900. The number of piperidine rings is 1. The Bertz CT molecular complexity index is 492. The Morgan fingerprint density at radius 2 is 1.71 bits per heavy atom. The molecule has 132 valence electrons. The van der Waals surface area contributed by atoms with Crippen LogP contribution in [0.2, 0.25) is 0 Å². The second-order valence-electron chi connectivity index (χ2n) is 7.91. The van der Waals surface area contributed by atoms with Crippen LogP contribution in [0, 0.1) is 5.92 Å². The molecule has 0 spiro atoms. The van der Waals surface area contributed by atoms with Gasteiger partial charge in [0.15, 0.2) is 0 Å². The molecule has 3 fully saturated rings. The number of nitrogens with zero attached hydrogens (tertiary/aromatic N) is 1. The molecule has 1 aromatic carbocycles. The van der Waals surface area contributed by atoms with Crippen molar-refractivity contribution < 1.29 is 4.74 Å². The van der Waals surface area contributed by atoms with Gasteiger partial charge in [-0.2, -0.15) is 0 Å². The molecule has 3 nitrogen and oxygen atoms in total. The molecule has 2 atom stereocenters. The predicted molar refractivity (Wildman–Crippen MR) is 98.1 cm³/mol. The summed E-state index contributed by atoms with van der Waals surface area (Å²) < 4.78 is 6.03. The molecule has 0 amide bonds. The van der Waals surface area contributed by atoms with Gasteiger partial charge in [-0.25, -0.2) is 0 Å². The second kappa shape index (κ2) is 7.99. The van der Waals surface area contributed by atoms with Crippen LogP contribution in [-0.4, -0.2) is 43.2 Å². The van der Waals surface area contributed by atoms with E-state index in [9.17, 15) is 0 Å². The summed E-state index contributed by atoms with van der Waals surface area (Å²) in [5.41, 5.74) is 1.35. The number of ether oxygens (including phenoxy) is 1. The third-order valence-corrected chi connectivity index (χ3v) is 6.38. The summed E-state index contributed by atoms with van der Waals surface area (Å²) in [4.78, 5) is 2.76. The van der Waals surface area contributed by atoms with Crippen LogP contribution in [0.1, 0.15) is 56.6 Å². The molecule has 1 aliphatic carbocycles. The van der Waals surface area contributed by atoms with Gasteiger partial charge in [0.05, 0.1) is 6.10 Å². The van der Waals surface area contributed by atoms with E-state index in [-0.39, 0.29) is 6.10 Å². The maximum atomic E-state index is 6.03. The van der Waals surface area contributed by atoms with Gasteiger partial charge in [0.25, 0.3) is 0 Å². The Morgan fingerprint density at radius 3 is 2.46 bits per heavy atom. The average Bonchev–Trinajstić information content (AvgIpc) is 3.33. The summed E-state index contributed by atoms with van der Waals surface area (Å²) in [7, 11) is 0. The van der Waals surface area contributed by atoms with Crippen LogP contribution in [0.5, 0.6) is 0 Å². The molecule has 0 radical (unpaired) electrons. The highest BCUT2D eigenvalue weighted by Crippen LogP contribution is 2.34. The first kappa shape index (κ1) is 16.6. The molecule has 1 N–H and O–H groups in total. The standard InChI is InChI=1S/C21H32N2O/c1-2-6-17(7-3-1)21-18(12-15-24-21)16-22-19-10-13-23(14-11-19)20-8-4-5-9-20/h1-3,6-7,18-22H,4-5,8-16H2/t18-,21-/m1/s1. The van der Waals surface area contributed by atoms with E-state index in [1.165, 1.54) is 63.6 Å². The summed E-state index contributed by atoms with van der Waals surface area (Å²) in [6, 6.07) is 12.4. The van der Waals surface area contributed by atoms with E-state index in [2.05, 4.69) is 40.5 Å². The third-order valence-electron chi connectivity index (χ3n) is 6.38. The van der Waals surface area contributed by atoms with E-state index >= 15 is 0 Å². The predicted octanol–water partition coefficient (Wildman–Crippen LogP) is 3.76. The molecule has 3 heteroatoms. The molecule has 0 bridgehead atoms. The number of benzene rings is 1. The first-order chi connectivity index (χ1) is 11.9. The lowest BCUT2D eigenvalue weighted by atomic mass is 9.94. The van der Waals surface area contributed by atoms with E-state index < -0.39 is 0 Å². The summed E-state index contributed by atoms with van der Waals surface area (Å²) in [5, 5.41) is 3.87. The lowest BCUT2D eigenvalue weighted by Crippen LogP contribution is -2.46. The highest BCUT2D eigenvalue weighted by atomic mass is 16.5. The molecule has 1 aromatic rings. The van der Waals surface area contributed by atoms with Crippen molar-refractivity contribution in [3.63, 3.8) is 0 Å². The number of rotatable bonds is 5. The van der Waals surface area contributed by atoms with Gasteiger partial charge in [-0.15, -0.1) is 0 Å². The Morgan fingerprint density at radius 1 is 0.958 bits per heavy atom. The lowest BCUT2D eigenvalue weighted by Gasteiger charge is -2.36. The topological polar surface area (TPSA) is 24.5 Å². The van der Waals surface area contributed by atoms with Crippen LogP contribution >= 0.6 is 0 Å². The van der Waals surface area contributed by atoms with Crippen molar-refractivity contribution in [3.05, 3.63) is 35.9 Å². The minimum Gasteiger partial charge on any atom is -0.373 e. The zero-order valence-electron chi connectivity index (χ0n) is 14.8. The van der Waals surface area contributed by atoms with Crippen molar-refractivity contribution >= 4 is 0 Å². The molecule has 0 unspecified atom stereocenters. The van der Waals surface area contributed by atoms with Crippen molar-refractivity contribution in [2.24, 2.45) is 5.92 Å². The normalized spacial score (nSPS) is 30.2. The van der Waals surface area contributed by atoms with Crippen LogP contribution in [0.3, 0.4) is 0 Å². The zero-order chi connectivity index (χ0) is 16.2. The molecule has 24 heavy (non-hydrogen) atoms. The summed E-state index contributed by atoms with van der Waals surface area (Å²) in [6.45, 7) is 4.61. The first-order valence-corrected chi connectivity index (χ1v) is 10.0.